The quantitative estimate of drug-likeness (QED) is 0.675. The molecule has 0 bridgehead atoms. The number of rotatable bonds is 4. The van der Waals surface area contributed by atoms with Crippen molar-refractivity contribution >= 4 is 11.8 Å². The first kappa shape index (κ1) is 12.8. The molecule has 1 aromatic rings. The molecule has 1 heterocycles. The van der Waals surface area contributed by atoms with Gasteiger partial charge in [-0.3, -0.25) is 4.79 Å². The van der Waals surface area contributed by atoms with Gasteiger partial charge in [0.05, 0.1) is 11.0 Å². The van der Waals surface area contributed by atoms with Crippen molar-refractivity contribution in [1.29, 1.82) is 5.26 Å². The fraction of sp³-hybridized carbons (Fsp3) is 0.571. The van der Waals surface area contributed by atoms with Gasteiger partial charge >= 0.3 is 0 Å². The first-order chi connectivity index (χ1) is 9.19. The molecule has 2 fully saturated rings. The maximum absolute atomic E-state index is 12.2. The van der Waals surface area contributed by atoms with Crippen molar-refractivity contribution in [3.63, 3.8) is 0 Å². The molecular weight excluding hydrogens is 260 g/mol. The molecule has 1 N–H and O–H groups in total. The molecule has 0 saturated heterocycles. The summed E-state index contributed by atoms with van der Waals surface area (Å²) in [5.41, 5.74) is 1.06. The van der Waals surface area contributed by atoms with Gasteiger partial charge in [0, 0.05) is 18.7 Å². The van der Waals surface area contributed by atoms with E-state index in [-0.39, 0.29) is 17.6 Å². The molecule has 0 aliphatic heterocycles. The molecule has 4 nitrogen and oxygen atoms in total. The van der Waals surface area contributed by atoms with Crippen molar-refractivity contribution in [3.8, 4) is 5.40 Å². The minimum Gasteiger partial charge on any atom is -0.393 e. The van der Waals surface area contributed by atoms with Crippen LogP contribution < -0.4 is 5.56 Å². The summed E-state index contributed by atoms with van der Waals surface area (Å²) in [5.74, 6) is 0.739. The minimum absolute atomic E-state index is 0.102. The molecule has 2 atom stereocenters. The Bertz CT molecular complexity index is 586. The van der Waals surface area contributed by atoms with E-state index in [1.165, 1.54) is 12.8 Å². The van der Waals surface area contributed by atoms with E-state index in [1.807, 2.05) is 17.7 Å². The van der Waals surface area contributed by atoms with Gasteiger partial charge in [-0.2, -0.15) is 5.26 Å². The zero-order valence-corrected chi connectivity index (χ0v) is 11.4. The highest BCUT2D eigenvalue weighted by molar-refractivity contribution is 8.03. The van der Waals surface area contributed by atoms with E-state index in [9.17, 15) is 9.90 Å². The highest BCUT2D eigenvalue weighted by atomic mass is 32.2. The third-order valence-corrected chi connectivity index (χ3v) is 4.69. The topological polar surface area (TPSA) is 66.0 Å². The number of hydrogen-bond donors (Lipinski definition) is 1. The Kier molecular flexibility index (Phi) is 3.38. The Hall–Kier alpha value is -1.25. The van der Waals surface area contributed by atoms with Crippen LogP contribution in [0.3, 0.4) is 0 Å². The Balaban J connectivity index is 1.92. The number of thioether (sulfide) groups is 1. The zero-order chi connectivity index (χ0) is 13.4. The van der Waals surface area contributed by atoms with Gasteiger partial charge in [-0.15, -0.1) is 0 Å². The molecular formula is C14H16N2O2S. The van der Waals surface area contributed by atoms with E-state index in [4.69, 9.17) is 5.26 Å². The van der Waals surface area contributed by atoms with Gasteiger partial charge < -0.3 is 9.67 Å². The molecule has 5 heteroatoms. The second-order valence-corrected chi connectivity index (χ2v) is 6.29. The Morgan fingerprint density at radius 3 is 2.74 bits per heavy atom. The second kappa shape index (κ2) is 5.03. The molecule has 2 saturated carbocycles. The first-order valence-corrected chi connectivity index (χ1v) is 7.49. The second-order valence-electron chi connectivity index (χ2n) is 5.47. The van der Waals surface area contributed by atoms with Crippen molar-refractivity contribution in [2.45, 2.75) is 49.1 Å². The fourth-order valence-electron chi connectivity index (χ4n) is 2.55. The third kappa shape index (κ3) is 2.56. The van der Waals surface area contributed by atoms with E-state index in [1.54, 1.807) is 4.57 Å². The van der Waals surface area contributed by atoms with E-state index < -0.39 is 0 Å². The fourth-order valence-corrected chi connectivity index (χ4v) is 3.04. The van der Waals surface area contributed by atoms with Crippen LogP contribution in [0.2, 0.25) is 0 Å². The van der Waals surface area contributed by atoms with E-state index in [2.05, 4.69) is 0 Å². The highest BCUT2D eigenvalue weighted by Crippen LogP contribution is 2.40. The van der Waals surface area contributed by atoms with Crippen LogP contribution >= 0.6 is 11.8 Å². The first-order valence-electron chi connectivity index (χ1n) is 6.67. The normalized spacial score (nSPS) is 25.7. The standard InChI is InChI=1S/C14H16N2O2S/c15-8-19-13-5-11(9-1-2-9)7-16(14(13)18)6-10-3-4-12(10)17/h5,7,9-10,12,17H,1-4,6H2/t10?,12-/m0/s1. The van der Waals surface area contributed by atoms with Gasteiger partial charge in [-0.1, -0.05) is 0 Å². The summed E-state index contributed by atoms with van der Waals surface area (Å²) < 4.78 is 1.69. The van der Waals surface area contributed by atoms with Crippen LogP contribution in [0, 0.1) is 16.6 Å². The summed E-state index contributed by atoms with van der Waals surface area (Å²) in [4.78, 5) is 12.8. The summed E-state index contributed by atoms with van der Waals surface area (Å²) in [6.45, 7) is 0.569. The Morgan fingerprint density at radius 1 is 1.42 bits per heavy atom. The molecule has 1 unspecified atom stereocenters. The van der Waals surface area contributed by atoms with Crippen LogP contribution in [-0.2, 0) is 6.54 Å². The van der Waals surface area contributed by atoms with E-state index in [0.29, 0.717) is 17.4 Å². The van der Waals surface area contributed by atoms with Gasteiger partial charge in [0.1, 0.15) is 5.40 Å². The predicted molar refractivity (Wildman–Crippen MR) is 72.9 cm³/mol. The average molecular weight is 276 g/mol. The lowest BCUT2D eigenvalue weighted by atomic mass is 9.82. The summed E-state index contributed by atoms with van der Waals surface area (Å²) in [7, 11) is 0. The minimum atomic E-state index is -0.274. The van der Waals surface area contributed by atoms with Gasteiger partial charge in [-0.25, -0.2) is 0 Å². The third-order valence-electron chi connectivity index (χ3n) is 4.09. The summed E-state index contributed by atoms with van der Waals surface area (Å²) >= 11 is 0.939. The van der Waals surface area contributed by atoms with Crippen molar-refractivity contribution in [3.05, 3.63) is 28.2 Å². The zero-order valence-electron chi connectivity index (χ0n) is 10.6. The van der Waals surface area contributed by atoms with Crippen LogP contribution in [0.15, 0.2) is 22.0 Å². The molecule has 0 amide bonds. The number of pyridine rings is 1. The highest BCUT2D eigenvalue weighted by Gasteiger charge is 2.30. The van der Waals surface area contributed by atoms with Crippen LogP contribution in [0.25, 0.3) is 0 Å². The van der Waals surface area contributed by atoms with Crippen LogP contribution in [0.1, 0.15) is 37.2 Å². The Morgan fingerprint density at radius 2 is 2.21 bits per heavy atom. The van der Waals surface area contributed by atoms with E-state index >= 15 is 0 Å². The number of aliphatic hydroxyl groups is 1. The lowest BCUT2D eigenvalue weighted by molar-refractivity contribution is 0.0141. The van der Waals surface area contributed by atoms with Crippen molar-refractivity contribution in [2.24, 2.45) is 5.92 Å². The molecule has 19 heavy (non-hydrogen) atoms. The predicted octanol–water partition coefficient (Wildman–Crippen LogP) is 2.07. The lowest BCUT2D eigenvalue weighted by Gasteiger charge is -2.32. The van der Waals surface area contributed by atoms with Crippen molar-refractivity contribution in [1.82, 2.24) is 4.57 Å². The number of aromatic nitrogens is 1. The number of nitrogens with zero attached hydrogens (tertiary/aromatic N) is 2. The number of aliphatic hydroxyl groups excluding tert-OH is 1. The molecule has 2 aliphatic carbocycles. The largest absolute Gasteiger partial charge is 0.393 e. The summed E-state index contributed by atoms with van der Waals surface area (Å²) in [6.07, 6.45) is 5.79. The van der Waals surface area contributed by atoms with Crippen molar-refractivity contribution < 1.29 is 5.11 Å². The monoisotopic (exact) mass is 276 g/mol. The summed E-state index contributed by atoms with van der Waals surface area (Å²) in [5, 5.41) is 20.4. The molecule has 100 valence electrons. The number of hydrogen-bond acceptors (Lipinski definition) is 4. The van der Waals surface area contributed by atoms with Crippen LogP contribution in [0.4, 0.5) is 0 Å². The maximum Gasteiger partial charge on any atom is 0.265 e. The molecule has 0 aromatic carbocycles. The van der Waals surface area contributed by atoms with Crippen LogP contribution in [-0.4, -0.2) is 15.8 Å². The van der Waals surface area contributed by atoms with Gasteiger partial charge in [0.25, 0.3) is 5.56 Å². The molecule has 1 aromatic heterocycles. The van der Waals surface area contributed by atoms with Gasteiger partial charge in [0.2, 0.25) is 0 Å². The number of thiocyanates is 1. The molecule has 3 rings (SSSR count). The molecule has 2 aliphatic rings. The van der Waals surface area contributed by atoms with Crippen molar-refractivity contribution in [2.75, 3.05) is 0 Å². The van der Waals surface area contributed by atoms with Crippen LogP contribution in [0.5, 0.6) is 0 Å². The molecule has 0 spiro atoms. The smallest absolute Gasteiger partial charge is 0.265 e. The average Bonchev–Trinajstić information content (AvgIpc) is 3.22. The van der Waals surface area contributed by atoms with Gasteiger partial charge in [-0.05, 0) is 55.0 Å². The number of nitriles is 1. The Labute approximate surface area is 116 Å². The van der Waals surface area contributed by atoms with E-state index in [0.717, 1.165) is 30.2 Å². The van der Waals surface area contributed by atoms with Gasteiger partial charge in [0.15, 0.2) is 0 Å². The SMILES string of the molecule is N#CSc1cc(C2CC2)cn(CC2CC[C@@H]2O)c1=O. The lowest BCUT2D eigenvalue weighted by Crippen LogP contribution is -2.37. The summed E-state index contributed by atoms with van der Waals surface area (Å²) in [6, 6.07) is 1.86. The molecule has 0 radical (unpaired) electrons. The maximum atomic E-state index is 12.2.